The smallest absolute Gasteiger partial charge is 0.305 e. The Hall–Kier alpha value is -0.810. The van der Waals surface area contributed by atoms with Gasteiger partial charge in [0, 0.05) is 6.42 Å². The molecule has 9 nitrogen and oxygen atoms in total. The van der Waals surface area contributed by atoms with E-state index in [0.717, 1.165) is 32.1 Å². The summed E-state index contributed by atoms with van der Waals surface area (Å²) in [6.45, 7) is 0.975. The van der Waals surface area contributed by atoms with Crippen molar-refractivity contribution in [3.8, 4) is 0 Å². The third kappa shape index (κ3) is 7.83. The average Bonchev–Trinajstić information content (AvgIpc) is 2.63. The summed E-state index contributed by atoms with van der Waals surface area (Å²) in [7, 11) is 0. The first-order chi connectivity index (χ1) is 12.4. The van der Waals surface area contributed by atoms with Gasteiger partial charge in [-0.3, -0.25) is 4.79 Å². The second-order valence-corrected chi connectivity index (χ2v) is 6.53. The quantitative estimate of drug-likeness (QED) is 0.214. The molecule has 1 heterocycles. The van der Waals surface area contributed by atoms with E-state index in [1.54, 1.807) is 0 Å². The maximum Gasteiger partial charge on any atom is 0.305 e. The zero-order chi connectivity index (χ0) is 19.5. The molecule has 0 bridgehead atoms. The average molecular weight is 380 g/mol. The molecule has 1 rings (SSSR count). The molecule has 1 fully saturated rings. The zero-order valence-electron chi connectivity index (χ0n) is 15.2. The molecule has 9 heteroatoms. The molecule has 5 N–H and O–H groups in total. The standard InChI is InChI=1S/C17H32O9/c1-2-3-4-5-6-7-13(20)24-9-11(19)10-25-17-16(23)15(22)14(21)12(8-18)26-17/h11-12,14-19,21-23H,2-10H2,1H3/t11-,12-,14+,15+,16-,17-/m1/s1. The van der Waals surface area contributed by atoms with Crippen LogP contribution < -0.4 is 0 Å². The van der Waals surface area contributed by atoms with E-state index in [0.29, 0.717) is 6.42 Å². The van der Waals surface area contributed by atoms with Gasteiger partial charge in [-0.25, -0.2) is 0 Å². The van der Waals surface area contributed by atoms with Gasteiger partial charge < -0.3 is 39.7 Å². The topological polar surface area (TPSA) is 146 Å². The fourth-order valence-corrected chi connectivity index (χ4v) is 2.59. The van der Waals surface area contributed by atoms with E-state index in [1.807, 2.05) is 0 Å². The molecule has 26 heavy (non-hydrogen) atoms. The van der Waals surface area contributed by atoms with Gasteiger partial charge in [0.05, 0.1) is 13.2 Å². The Balaban J connectivity index is 2.22. The summed E-state index contributed by atoms with van der Waals surface area (Å²) in [5, 5.41) is 48.0. The van der Waals surface area contributed by atoms with E-state index in [9.17, 15) is 25.2 Å². The lowest BCUT2D eigenvalue weighted by Crippen LogP contribution is -2.59. The van der Waals surface area contributed by atoms with E-state index < -0.39 is 49.4 Å². The summed E-state index contributed by atoms with van der Waals surface area (Å²) in [6, 6.07) is 0. The highest BCUT2D eigenvalue weighted by atomic mass is 16.7. The van der Waals surface area contributed by atoms with Crippen LogP contribution >= 0.6 is 0 Å². The van der Waals surface area contributed by atoms with E-state index in [-0.39, 0.29) is 13.2 Å². The first-order valence-electron chi connectivity index (χ1n) is 9.16. The van der Waals surface area contributed by atoms with Crippen LogP contribution in [0, 0.1) is 0 Å². The highest BCUT2D eigenvalue weighted by molar-refractivity contribution is 5.69. The molecule has 0 aliphatic carbocycles. The van der Waals surface area contributed by atoms with Crippen molar-refractivity contribution >= 4 is 5.97 Å². The number of hydrogen-bond donors (Lipinski definition) is 5. The number of unbranched alkanes of at least 4 members (excludes halogenated alkanes) is 4. The number of carbonyl (C=O) groups excluding carboxylic acids is 1. The largest absolute Gasteiger partial charge is 0.463 e. The van der Waals surface area contributed by atoms with Gasteiger partial charge in [0.1, 0.15) is 37.1 Å². The monoisotopic (exact) mass is 380 g/mol. The Labute approximate surface area is 153 Å². The fourth-order valence-electron chi connectivity index (χ4n) is 2.59. The van der Waals surface area contributed by atoms with Crippen LogP contribution in [-0.4, -0.2) is 88.1 Å². The minimum absolute atomic E-state index is 0.259. The Morgan fingerprint density at radius 2 is 1.73 bits per heavy atom. The Morgan fingerprint density at radius 1 is 1.04 bits per heavy atom. The molecule has 0 radical (unpaired) electrons. The number of hydrogen-bond acceptors (Lipinski definition) is 9. The van der Waals surface area contributed by atoms with Crippen LogP contribution in [0.1, 0.15) is 45.4 Å². The lowest BCUT2D eigenvalue weighted by atomic mass is 9.99. The molecular weight excluding hydrogens is 348 g/mol. The number of esters is 1. The number of ether oxygens (including phenoxy) is 3. The van der Waals surface area contributed by atoms with Crippen molar-refractivity contribution in [1.29, 1.82) is 0 Å². The SMILES string of the molecule is CCCCCCCC(=O)OC[C@@H](O)CO[C@@H]1O[C@H](CO)[C@H](O)[C@H](O)[C@H]1O. The number of aliphatic hydroxyl groups excluding tert-OH is 5. The van der Waals surface area contributed by atoms with Crippen molar-refractivity contribution in [2.45, 2.75) is 82.3 Å². The molecule has 1 saturated heterocycles. The predicted molar refractivity (Wildman–Crippen MR) is 90.1 cm³/mol. The third-order valence-corrected chi connectivity index (χ3v) is 4.22. The van der Waals surface area contributed by atoms with E-state index in [2.05, 4.69) is 6.92 Å². The molecule has 0 unspecified atom stereocenters. The molecule has 154 valence electrons. The van der Waals surface area contributed by atoms with Gasteiger partial charge in [-0.1, -0.05) is 32.6 Å². The first kappa shape index (κ1) is 23.2. The van der Waals surface area contributed by atoms with Gasteiger partial charge in [0.2, 0.25) is 0 Å². The molecule has 0 aromatic rings. The summed E-state index contributed by atoms with van der Waals surface area (Å²) in [4.78, 5) is 11.6. The van der Waals surface area contributed by atoms with Gasteiger partial charge in [-0.2, -0.15) is 0 Å². The highest BCUT2D eigenvalue weighted by Crippen LogP contribution is 2.22. The summed E-state index contributed by atoms with van der Waals surface area (Å²) in [5.74, 6) is -0.395. The van der Waals surface area contributed by atoms with Crippen LogP contribution in [-0.2, 0) is 19.0 Å². The molecule has 0 aromatic heterocycles. The van der Waals surface area contributed by atoms with Crippen molar-refractivity contribution in [2.75, 3.05) is 19.8 Å². The van der Waals surface area contributed by atoms with E-state index in [4.69, 9.17) is 19.3 Å². The summed E-state index contributed by atoms with van der Waals surface area (Å²) in [5.41, 5.74) is 0. The number of aliphatic hydroxyl groups is 5. The van der Waals surface area contributed by atoms with Gasteiger partial charge in [-0.15, -0.1) is 0 Å². The van der Waals surface area contributed by atoms with Gasteiger partial charge >= 0.3 is 5.97 Å². The van der Waals surface area contributed by atoms with Crippen LogP contribution in [0.3, 0.4) is 0 Å². The zero-order valence-corrected chi connectivity index (χ0v) is 15.2. The van der Waals surface area contributed by atoms with Crippen LogP contribution in [0.5, 0.6) is 0 Å². The van der Waals surface area contributed by atoms with Crippen LogP contribution in [0.25, 0.3) is 0 Å². The number of rotatable bonds is 12. The molecule has 0 spiro atoms. The normalized spacial score (nSPS) is 30.2. The minimum atomic E-state index is -1.55. The lowest BCUT2D eigenvalue weighted by molar-refractivity contribution is -0.305. The summed E-state index contributed by atoms with van der Waals surface area (Å²) in [6.07, 6.45) is -2.74. The molecule has 1 aliphatic heterocycles. The lowest BCUT2D eigenvalue weighted by Gasteiger charge is -2.39. The van der Waals surface area contributed by atoms with Gasteiger partial charge in [0.15, 0.2) is 6.29 Å². The van der Waals surface area contributed by atoms with Crippen molar-refractivity contribution < 1.29 is 44.5 Å². The maximum atomic E-state index is 11.6. The van der Waals surface area contributed by atoms with Crippen molar-refractivity contribution in [3.05, 3.63) is 0 Å². The molecule has 6 atom stereocenters. The molecule has 0 saturated carbocycles. The first-order valence-corrected chi connectivity index (χ1v) is 9.16. The summed E-state index contributed by atoms with van der Waals surface area (Å²) >= 11 is 0. The third-order valence-electron chi connectivity index (χ3n) is 4.22. The van der Waals surface area contributed by atoms with E-state index in [1.165, 1.54) is 0 Å². The van der Waals surface area contributed by atoms with Crippen molar-refractivity contribution in [3.63, 3.8) is 0 Å². The Kier molecular flexibility index (Phi) is 11.2. The van der Waals surface area contributed by atoms with Crippen LogP contribution in [0.15, 0.2) is 0 Å². The van der Waals surface area contributed by atoms with Gasteiger partial charge in [-0.05, 0) is 6.42 Å². The van der Waals surface area contributed by atoms with E-state index >= 15 is 0 Å². The molecule has 1 aliphatic rings. The number of carbonyl (C=O) groups is 1. The molecular formula is C17H32O9. The molecule has 0 amide bonds. The second kappa shape index (κ2) is 12.6. The molecule has 0 aromatic carbocycles. The second-order valence-electron chi connectivity index (χ2n) is 6.53. The predicted octanol–water partition coefficient (Wildman–Crippen LogP) is -0.932. The van der Waals surface area contributed by atoms with Gasteiger partial charge in [0.25, 0.3) is 0 Å². The van der Waals surface area contributed by atoms with Crippen LogP contribution in [0.4, 0.5) is 0 Å². The Morgan fingerprint density at radius 3 is 2.38 bits per heavy atom. The minimum Gasteiger partial charge on any atom is -0.463 e. The Bertz CT molecular complexity index is 390. The highest BCUT2D eigenvalue weighted by Gasteiger charge is 2.44. The van der Waals surface area contributed by atoms with Crippen LogP contribution in [0.2, 0.25) is 0 Å². The van der Waals surface area contributed by atoms with Crippen molar-refractivity contribution in [2.24, 2.45) is 0 Å². The maximum absolute atomic E-state index is 11.6. The van der Waals surface area contributed by atoms with Crippen molar-refractivity contribution in [1.82, 2.24) is 0 Å². The summed E-state index contributed by atoms with van der Waals surface area (Å²) < 4.78 is 15.3. The fraction of sp³-hybridized carbons (Fsp3) is 0.941.